The fourth-order valence-electron chi connectivity index (χ4n) is 1.72. The van der Waals surface area contributed by atoms with Gasteiger partial charge in [0.25, 0.3) is 0 Å². The highest BCUT2D eigenvalue weighted by atomic mass is 16.5. The van der Waals surface area contributed by atoms with Gasteiger partial charge in [0.05, 0.1) is 6.61 Å². The lowest BCUT2D eigenvalue weighted by Crippen LogP contribution is -2.05. The zero-order chi connectivity index (χ0) is 12.4. The van der Waals surface area contributed by atoms with E-state index in [9.17, 15) is 0 Å². The second-order valence-electron chi connectivity index (χ2n) is 4.67. The molecule has 94 valence electrons. The highest BCUT2D eigenvalue weighted by Gasteiger charge is 2.21. The molecule has 0 amide bonds. The van der Waals surface area contributed by atoms with Crippen molar-refractivity contribution in [3.63, 3.8) is 0 Å². The van der Waals surface area contributed by atoms with Gasteiger partial charge in [0, 0.05) is 11.3 Å². The molecule has 0 aliphatic heterocycles. The molecule has 1 fully saturated rings. The summed E-state index contributed by atoms with van der Waals surface area (Å²) >= 11 is 0. The van der Waals surface area contributed by atoms with Gasteiger partial charge in [-0.05, 0) is 43.0 Å². The Balaban J connectivity index is 1.62. The van der Waals surface area contributed by atoms with Gasteiger partial charge in [-0.2, -0.15) is 0 Å². The van der Waals surface area contributed by atoms with Crippen molar-refractivity contribution in [3.8, 4) is 11.4 Å². The number of nitrogen functional groups attached to an aromatic ring is 1. The number of hydrogen-bond donors (Lipinski definition) is 1. The Hall–Kier alpha value is -1.88. The summed E-state index contributed by atoms with van der Waals surface area (Å²) < 4.78 is 7.27. The van der Waals surface area contributed by atoms with Crippen LogP contribution in [0.1, 0.15) is 12.8 Å². The van der Waals surface area contributed by atoms with Gasteiger partial charge in [-0.1, -0.05) is 0 Å². The zero-order valence-electron chi connectivity index (χ0n) is 10.1. The van der Waals surface area contributed by atoms with E-state index in [2.05, 4.69) is 10.1 Å². The molecule has 0 radical (unpaired) electrons. The fraction of sp³-hybridized carbons (Fsp3) is 0.385. The lowest BCUT2D eigenvalue weighted by Gasteiger charge is -2.01. The normalized spacial score (nSPS) is 14.9. The summed E-state index contributed by atoms with van der Waals surface area (Å²) in [6.07, 6.45) is 4.29. The van der Waals surface area contributed by atoms with Gasteiger partial charge >= 0.3 is 0 Å². The number of hydrogen-bond acceptors (Lipinski definition) is 4. The Morgan fingerprint density at radius 2 is 2.06 bits per heavy atom. The molecule has 1 aromatic carbocycles. The molecule has 2 aromatic rings. The average Bonchev–Trinajstić information content (AvgIpc) is 3.08. The summed E-state index contributed by atoms with van der Waals surface area (Å²) in [4.78, 5) is 4.26. The van der Waals surface area contributed by atoms with Crippen LogP contribution in [0.2, 0.25) is 0 Å². The van der Waals surface area contributed by atoms with Gasteiger partial charge in [-0.15, -0.1) is 5.10 Å². The van der Waals surface area contributed by atoms with E-state index in [1.807, 2.05) is 24.3 Å². The van der Waals surface area contributed by atoms with Crippen LogP contribution in [0.3, 0.4) is 0 Å². The van der Waals surface area contributed by atoms with Gasteiger partial charge in [0.2, 0.25) is 0 Å². The molecule has 3 rings (SSSR count). The molecule has 1 aliphatic carbocycles. The maximum Gasteiger partial charge on any atom is 0.181 e. The van der Waals surface area contributed by atoms with E-state index in [1.54, 1.807) is 11.0 Å². The lowest BCUT2D eigenvalue weighted by molar-refractivity contribution is 0.0611. The van der Waals surface area contributed by atoms with Crippen molar-refractivity contribution in [3.05, 3.63) is 30.6 Å². The predicted molar refractivity (Wildman–Crippen MR) is 68.5 cm³/mol. The second kappa shape index (κ2) is 4.78. The van der Waals surface area contributed by atoms with Crippen LogP contribution in [0.5, 0.6) is 0 Å². The molecule has 0 saturated heterocycles. The van der Waals surface area contributed by atoms with Crippen molar-refractivity contribution in [1.29, 1.82) is 0 Å². The number of benzene rings is 1. The molecule has 18 heavy (non-hydrogen) atoms. The SMILES string of the molecule is Nc1ccc(-c2ncn(COCC3CC3)n2)cc1. The van der Waals surface area contributed by atoms with Crippen LogP contribution in [0.25, 0.3) is 11.4 Å². The van der Waals surface area contributed by atoms with E-state index in [-0.39, 0.29) is 0 Å². The van der Waals surface area contributed by atoms with Crippen LogP contribution in [0, 0.1) is 5.92 Å². The van der Waals surface area contributed by atoms with E-state index in [0.29, 0.717) is 12.6 Å². The molecule has 0 unspecified atom stereocenters. The van der Waals surface area contributed by atoms with E-state index in [1.165, 1.54) is 12.8 Å². The fourth-order valence-corrected chi connectivity index (χ4v) is 1.72. The molecular weight excluding hydrogens is 228 g/mol. The van der Waals surface area contributed by atoms with E-state index in [0.717, 1.165) is 23.8 Å². The summed E-state index contributed by atoms with van der Waals surface area (Å²) in [5.74, 6) is 1.47. The third kappa shape index (κ3) is 2.68. The third-order valence-corrected chi connectivity index (χ3v) is 2.98. The van der Waals surface area contributed by atoms with Gasteiger partial charge in [-0.3, -0.25) is 0 Å². The Bertz CT molecular complexity index is 516. The van der Waals surface area contributed by atoms with Gasteiger partial charge in [0.15, 0.2) is 5.82 Å². The van der Waals surface area contributed by atoms with Crippen LogP contribution >= 0.6 is 0 Å². The number of nitrogens with zero attached hydrogens (tertiary/aromatic N) is 3. The van der Waals surface area contributed by atoms with Crippen molar-refractivity contribution >= 4 is 5.69 Å². The van der Waals surface area contributed by atoms with Crippen molar-refractivity contribution in [2.75, 3.05) is 12.3 Å². The van der Waals surface area contributed by atoms with E-state index in [4.69, 9.17) is 10.5 Å². The van der Waals surface area contributed by atoms with Crippen LogP contribution in [-0.2, 0) is 11.5 Å². The molecule has 5 heteroatoms. The Labute approximate surface area is 106 Å². The van der Waals surface area contributed by atoms with Gasteiger partial charge < -0.3 is 10.5 Å². The van der Waals surface area contributed by atoms with Crippen molar-refractivity contribution in [2.45, 2.75) is 19.6 Å². The molecular formula is C13H16N4O. The highest BCUT2D eigenvalue weighted by Crippen LogP contribution is 2.28. The lowest BCUT2D eigenvalue weighted by atomic mass is 10.2. The summed E-state index contributed by atoms with van der Waals surface area (Å²) in [7, 11) is 0. The number of anilines is 1. The molecule has 1 saturated carbocycles. The second-order valence-corrected chi connectivity index (χ2v) is 4.67. The first-order valence-electron chi connectivity index (χ1n) is 6.14. The summed E-state index contributed by atoms with van der Waals surface area (Å²) in [6, 6.07) is 7.53. The monoisotopic (exact) mass is 244 g/mol. The Kier molecular flexibility index (Phi) is 2.98. The molecule has 2 N–H and O–H groups in total. The van der Waals surface area contributed by atoms with Gasteiger partial charge in [0.1, 0.15) is 13.1 Å². The molecule has 0 spiro atoms. The quantitative estimate of drug-likeness (QED) is 0.816. The summed E-state index contributed by atoms with van der Waals surface area (Å²) in [6.45, 7) is 1.30. The largest absolute Gasteiger partial charge is 0.399 e. The van der Waals surface area contributed by atoms with Gasteiger partial charge in [-0.25, -0.2) is 9.67 Å². The maximum absolute atomic E-state index is 5.64. The first kappa shape index (κ1) is 11.2. The first-order valence-corrected chi connectivity index (χ1v) is 6.14. The smallest absolute Gasteiger partial charge is 0.181 e. The predicted octanol–water partition coefficient (Wildman–Crippen LogP) is 1.91. The minimum atomic E-state index is 0.471. The number of aromatic nitrogens is 3. The van der Waals surface area contributed by atoms with Crippen molar-refractivity contribution < 1.29 is 4.74 Å². The number of nitrogens with two attached hydrogens (primary N) is 1. The average molecular weight is 244 g/mol. The molecule has 0 bridgehead atoms. The molecule has 1 heterocycles. The Morgan fingerprint density at radius 3 is 2.78 bits per heavy atom. The number of ether oxygens (including phenoxy) is 1. The van der Waals surface area contributed by atoms with Crippen LogP contribution in [0.15, 0.2) is 30.6 Å². The topological polar surface area (TPSA) is 66.0 Å². The summed E-state index contributed by atoms with van der Waals surface area (Å²) in [5.41, 5.74) is 7.35. The maximum atomic E-state index is 5.64. The first-order chi connectivity index (χ1) is 8.81. The van der Waals surface area contributed by atoms with E-state index >= 15 is 0 Å². The Morgan fingerprint density at radius 1 is 1.28 bits per heavy atom. The molecule has 1 aliphatic rings. The minimum absolute atomic E-state index is 0.471. The summed E-state index contributed by atoms with van der Waals surface area (Å²) in [5, 5.41) is 4.37. The van der Waals surface area contributed by atoms with Crippen LogP contribution in [0.4, 0.5) is 5.69 Å². The van der Waals surface area contributed by atoms with E-state index < -0.39 is 0 Å². The minimum Gasteiger partial charge on any atom is -0.399 e. The van der Waals surface area contributed by atoms with Crippen LogP contribution < -0.4 is 5.73 Å². The zero-order valence-corrected chi connectivity index (χ0v) is 10.1. The van der Waals surface area contributed by atoms with Crippen LogP contribution in [-0.4, -0.2) is 21.4 Å². The van der Waals surface area contributed by atoms with Crippen molar-refractivity contribution in [1.82, 2.24) is 14.8 Å². The molecule has 1 aromatic heterocycles. The molecule has 0 atom stereocenters. The third-order valence-electron chi connectivity index (χ3n) is 2.98. The standard InChI is InChI=1S/C13H16N4O/c14-12-5-3-11(4-6-12)13-15-8-17(16-13)9-18-7-10-1-2-10/h3-6,8,10H,1-2,7,9,14H2. The van der Waals surface area contributed by atoms with Crippen molar-refractivity contribution in [2.24, 2.45) is 5.92 Å². The number of rotatable bonds is 5. The molecule has 5 nitrogen and oxygen atoms in total. The highest BCUT2D eigenvalue weighted by molar-refractivity contribution is 5.57.